The third-order valence-corrected chi connectivity index (χ3v) is 5.25. The average Bonchev–Trinajstić information content (AvgIpc) is 2.61. The molecule has 3 rings (SSSR count). The molecule has 2 heterocycles. The van der Waals surface area contributed by atoms with Crippen LogP contribution in [0.5, 0.6) is 0 Å². The molecular formula is C19H25F2N3O2. The van der Waals surface area contributed by atoms with Gasteiger partial charge in [-0.1, -0.05) is 0 Å². The van der Waals surface area contributed by atoms with E-state index in [9.17, 15) is 18.4 Å². The molecule has 1 atom stereocenters. The summed E-state index contributed by atoms with van der Waals surface area (Å²) >= 11 is 0. The van der Waals surface area contributed by atoms with Crippen LogP contribution in [0.3, 0.4) is 0 Å². The van der Waals surface area contributed by atoms with Crippen molar-refractivity contribution in [3.8, 4) is 0 Å². The second-order valence-corrected chi connectivity index (χ2v) is 7.16. The minimum Gasteiger partial charge on any atom is -0.339 e. The summed E-state index contributed by atoms with van der Waals surface area (Å²) in [5.74, 6) is -1.75. The van der Waals surface area contributed by atoms with E-state index in [0.29, 0.717) is 38.8 Å². The molecule has 5 nitrogen and oxygen atoms in total. The Morgan fingerprint density at radius 1 is 1.00 bits per heavy atom. The number of carbonyl (C=O) groups is 2. The van der Waals surface area contributed by atoms with Gasteiger partial charge in [0.15, 0.2) is 0 Å². The molecule has 2 aliphatic rings. The van der Waals surface area contributed by atoms with E-state index in [1.54, 1.807) is 4.90 Å². The highest BCUT2D eigenvalue weighted by molar-refractivity contribution is 5.94. The molecule has 1 aromatic rings. The lowest BCUT2D eigenvalue weighted by atomic mass is 10.0. The van der Waals surface area contributed by atoms with Crippen LogP contribution in [0.2, 0.25) is 0 Å². The number of rotatable bonds is 3. The average molecular weight is 365 g/mol. The van der Waals surface area contributed by atoms with Crippen molar-refractivity contribution in [1.29, 1.82) is 0 Å². The Balaban J connectivity index is 1.52. The van der Waals surface area contributed by atoms with Gasteiger partial charge in [-0.2, -0.15) is 0 Å². The number of hydrogen-bond donors (Lipinski definition) is 0. The van der Waals surface area contributed by atoms with E-state index in [0.717, 1.165) is 37.6 Å². The summed E-state index contributed by atoms with van der Waals surface area (Å²) in [4.78, 5) is 30.5. The standard InChI is InChI=1S/C19H25F2N3O2/c1-14-4-2-3-5-24(14)18(25)13-22-6-8-23(9-7-22)19(26)15-10-16(20)12-17(21)11-15/h10-12,14H,2-9,13H2,1H3. The van der Waals surface area contributed by atoms with Crippen LogP contribution in [0, 0.1) is 11.6 Å². The van der Waals surface area contributed by atoms with Gasteiger partial charge < -0.3 is 9.80 Å². The Labute approximate surface area is 152 Å². The van der Waals surface area contributed by atoms with Gasteiger partial charge in [-0.15, -0.1) is 0 Å². The number of hydrogen-bond acceptors (Lipinski definition) is 3. The van der Waals surface area contributed by atoms with E-state index < -0.39 is 11.6 Å². The summed E-state index contributed by atoms with van der Waals surface area (Å²) in [6.07, 6.45) is 3.28. The van der Waals surface area contributed by atoms with Crippen LogP contribution < -0.4 is 0 Å². The maximum atomic E-state index is 13.3. The molecule has 0 N–H and O–H groups in total. The molecular weight excluding hydrogens is 340 g/mol. The van der Waals surface area contributed by atoms with Crippen molar-refractivity contribution in [3.63, 3.8) is 0 Å². The predicted molar refractivity (Wildman–Crippen MR) is 93.7 cm³/mol. The molecule has 0 radical (unpaired) electrons. The minimum atomic E-state index is -0.756. The number of piperidine rings is 1. The quantitative estimate of drug-likeness (QED) is 0.824. The van der Waals surface area contributed by atoms with Crippen molar-refractivity contribution in [2.45, 2.75) is 32.2 Å². The SMILES string of the molecule is CC1CCCCN1C(=O)CN1CCN(C(=O)c2cc(F)cc(F)c2)CC1. The van der Waals surface area contributed by atoms with Crippen molar-refractivity contribution >= 4 is 11.8 Å². The maximum absolute atomic E-state index is 13.3. The van der Waals surface area contributed by atoms with Gasteiger partial charge in [0.2, 0.25) is 5.91 Å². The molecule has 2 aliphatic heterocycles. The fraction of sp³-hybridized carbons (Fsp3) is 0.579. The van der Waals surface area contributed by atoms with Gasteiger partial charge in [0, 0.05) is 50.4 Å². The summed E-state index contributed by atoms with van der Waals surface area (Å²) in [5.41, 5.74) is 0.0224. The molecule has 0 saturated carbocycles. The molecule has 2 fully saturated rings. The Morgan fingerprint density at radius 2 is 1.65 bits per heavy atom. The second kappa shape index (κ2) is 8.12. The first-order valence-electron chi connectivity index (χ1n) is 9.21. The third-order valence-electron chi connectivity index (χ3n) is 5.25. The van der Waals surface area contributed by atoms with E-state index in [2.05, 4.69) is 6.92 Å². The number of carbonyl (C=O) groups excluding carboxylic acids is 2. The zero-order valence-electron chi connectivity index (χ0n) is 15.1. The van der Waals surface area contributed by atoms with Crippen molar-refractivity contribution in [2.75, 3.05) is 39.3 Å². The van der Waals surface area contributed by atoms with Crippen molar-refractivity contribution < 1.29 is 18.4 Å². The molecule has 0 aliphatic carbocycles. The topological polar surface area (TPSA) is 43.9 Å². The van der Waals surface area contributed by atoms with Crippen LogP contribution in [-0.2, 0) is 4.79 Å². The van der Waals surface area contributed by atoms with Crippen LogP contribution in [0.1, 0.15) is 36.5 Å². The Bertz CT molecular complexity index is 654. The fourth-order valence-corrected chi connectivity index (χ4v) is 3.72. The summed E-state index contributed by atoms with van der Waals surface area (Å²) in [7, 11) is 0. The van der Waals surface area contributed by atoms with Crippen LogP contribution in [0.4, 0.5) is 8.78 Å². The Morgan fingerprint density at radius 3 is 2.27 bits per heavy atom. The first kappa shape index (κ1) is 18.8. The predicted octanol–water partition coefficient (Wildman–Crippen LogP) is 2.12. The zero-order chi connectivity index (χ0) is 18.7. The van der Waals surface area contributed by atoms with E-state index in [1.165, 1.54) is 6.42 Å². The molecule has 0 aromatic heterocycles. The molecule has 0 spiro atoms. The Kier molecular flexibility index (Phi) is 5.86. The van der Waals surface area contributed by atoms with Gasteiger partial charge >= 0.3 is 0 Å². The number of piperazine rings is 1. The zero-order valence-corrected chi connectivity index (χ0v) is 15.1. The molecule has 1 aromatic carbocycles. The number of nitrogens with zero attached hydrogens (tertiary/aromatic N) is 3. The monoisotopic (exact) mass is 365 g/mol. The van der Waals surface area contributed by atoms with Crippen LogP contribution in [0.25, 0.3) is 0 Å². The van der Waals surface area contributed by atoms with Gasteiger partial charge in [0.05, 0.1) is 6.54 Å². The smallest absolute Gasteiger partial charge is 0.254 e. The first-order chi connectivity index (χ1) is 12.4. The molecule has 0 bridgehead atoms. The molecule has 1 unspecified atom stereocenters. The molecule has 26 heavy (non-hydrogen) atoms. The van der Waals surface area contributed by atoms with Crippen molar-refractivity contribution in [3.05, 3.63) is 35.4 Å². The highest BCUT2D eigenvalue weighted by Crippen LogP contribution is 2.17. The summed E-state index contributed by atoms with van der Waals surface area (Å²) in [5, 5.41) is 0. The van der Waals surface area contributed by atoms with Crippen molar-refractivity contribution in [1.82, 2.24) is 14.7 Å². The minimum absolute atomic E-state index is 0.0224. The largest absolute Gasteiger partial charge is 0.339 e. The third kappa shape index (κ3) is 4.38. The highest BCUT2D eigenvalue weighted by Gasteiger charge is 2.27. The fourth-order valence-electron chi connectivity index (χ4n) is 3.72. The van der Waals surface area contributed by atoms with Gasteiger partial charge in [0.25, 0.3) is 5.91 Å². The van der Waals surface area contributed by atoms with E-state index in [1.807, 2.05) is 9.80 Å². The molecule has 142 valence electrons. The molecule has 2 amide bonds. The van der Waals surface area contributed by atoms with Gasteiger partial charge in [-0.25, -0.2) is 8.78 Å². The lowest BCUT2D eigenvalue weighted by molar-refractivity contribution is -0.136. The normalized spacial score (nSPS) is 21.7. The van der Waals surface area contributed by atoms with Gasteiger partial charge in [-0.3, -0.25) is 14.5 Å². The maximum Gasteiger partial charge on any atom is 0.254 e. The molecule has 2 saturated heterocycles. The summed E-state index contributed by atoms with van der Waals surface area (Å²) < 4.78 is 26.6. The Hall–Kier alpha value is -2.02. The summed E-state index contributed by atoms with van der Waals surface area (Å²) in [6.45, 7) is 5.32. The van der Waals surface area contributed by atoms with Gasteiger partial charge in [0.1, 0.15) is 11.6 Å². The first-order valence-corrected chi connectivity index (χ1v) is 9.21. The van der Waals surface area contributed by atoms with Gasteiger partial charge in [-0.05, 0) is 38.3 Å². The number of halogens is 2. The number of benzene rings is 1. The molecule has 7 heteroatoms. The van der Waals surface area contributed by atoms with E-state index in [-0.39, 0.29) is 17.4 Å². The summed E-state index contributed by atoms with van der Waals surface area (Å²) in [6, 6.07) is 3.15. The van der Waals surface area contributed by atoms with E-state index in [4.69, 9.17) is 0 Å². The van der Waals surface area contributed by atoms with E-state index >= 15 is 0 Å². The lowest BCUT2D eigenvalue weighted by Gasteiger charge is -2.38. The van der Waals surface area contributed by atoms with Crippen LogP contribution >= 0.6 is 0 Å². The van der Waals surface area contributed by atoms with Crippen molar-refractivity contribution in [2.24, 2.45) is 0 Å². The lowest BCUT2D eigenvalue weighted by Crippen LogP contribution is -2.53. The van der Waals surface area contributed by atoms with Crippen LogP contribution in [0.15, 0.2) is 18.2 Å². The number of likely N-dealkylation sites (tertiary alicyclic amines) is 1. The van der Waals surface area contributed by atoms with Crippen LogP contribution in [-0.4, -0.2) is 71.8 Å². The second-order valence-electron chi connectivity index (χ2n) is 7.16. The number of amides is 2. The highest BCUT2D eigenvalue weighted by atomic mass is 19.1.